The summed E-state index contributed by atoms with van der Waals surface area (Å²) in [4.78, 5) is 43.9. The number of esters is 2. The summed E-state index contributed by atoms with van der Waals surface area (Å²) < 4.78 is 10.5. The average molecular weight is 579 g/mol. The Labute approximate surface area is 251 Å². The molecular formula is C35H38N4O4. The first-order chi connectivity index (χ1) is 20.4. The molecule has 222 valence electrons. The van der Waals surface area contributed by atoms with Crippen LogP contribution in [0.15, 0.2) is 24.3 Å². The summed E-state index contributed by atoms with van der Waals surface area (Å²) in [7, 11) is 2.77. The number of ether oxygens (including phenoxy) is 2. The van der Waals surface area contributed by atoms with Crippen LogP contribution in [0.3, 0.4) is 0 Å². The van der Waals surface area contributed by atoms with Crippen LogP contribution in [-0.2, 0) is 30.9 Å². The second-order valence-electron chi connectivity index (χ2n) is 13.3. The minimum absolute atomic E-state index is 0.182. The zero-order valence-corrected chi connectivity index (χ0v) is 26.1. The number of hydrogen-bond donors (Lipinski definition) is 2. The highest BCUT2D eigenvalue weighted by Crippen LogP contribution is 2.63. The van der Waals surface area contributed by atoms with Crippen LogP contribution in [0.5, 0.6) is 0 Å². The first-order valence-corrected chi connectivity index (χ1v) is 15.0. The van der Waals surface area contributed by atoms with E-state index in [-0.39, 0.29) is 29.2 Å². The Hall–Kier alpha value is -4.20. The normalized spacial score (nSPS) is 23.4. The number of rotatable bonds is 2. The molecule has 0 spiro atoms. The van der Waals surface area contributed by atoms with Crippen LogP contribution < -0.4 is 0 Å². The van der Waals surface area contributed by atoms with Crippen molar-refractivity contribution in [2.45, 2.75) is 59.8 Å². The van der Waals surface area contributed by atoms with Gasteiger partial charge in [-0.3, -0.25) is 14.6 Å². The summed E-state index contributed by atoms with van der Waals surface area (Å²) in [6.45, 7) is 13.0. The van der Waals surface area contributed by atoms with Crippen LogP contribution in [0, 0.1) is 51.4 Å². The van der Waals surface area contributed by atoms with E-state index in [1.54, 1.807) is 0 Å². The van der Waals surface area contributed by atoms with Gasteiger partial charge in [0.1, 0.15) is 0 Å². The molecule has 7 rings (SSSR count). The summed E-state index contributed by atoms with van der Waals surface area (Å²) in [6.07, 6.45) is 1.49. The number of nitrogens with zero attached hydrogens (tertiary/aromatic N) is 2. The predicted octanol–water partition coefficient (Wildman–Crippen LogP) is 6.21. The molecule has 10 bridgehead atoms. The second kappa shape index (κ2) is 9.40. The van der Waals surface area contributed by atoms with Crippen molar-refractivity contribution in [2.24, 2.45) is 23.7 Å². The van der Waals surface area contributed by atoms with Crippen molar-refractivity contribution >= 4 is 45.2 Å². The van der Waals surface area contributed by atoms with Gasteiger partial charge in [-0.05, 0) is 91.8 Å². The van der Waals surface area contributed by atoms with Crippen molar-refractivity contribution in [2.75, 3.05) is 14.2 Å². The van der Waals surface area contributed by atoms with Gasteiger partial charge in [-0.1, -0.05) is 13.8 Å². The number of aromatic nitrogens is 4. The molecule has 1 saturated carbocycles. The van der Waals surface area contributed by atoms with Gasteiger partial charge in [0.05, 0.1) is 37.4 Å². The number of carbonyl (C=O) groups is 2. The fourth-order valence-corrected chi connectivity index (χ4v) is 7.91. The lowest BCUT2D eigenvalue weighted by molar-refractivity contribution is -0.157. The molecule has 2 aliphatic carbocycles. The quantitative estimate of drug-likeness (QED) is 0.350. The molecule has 3 aromatic rings. The highest BCUT2D eigenvalue weighted by Gasteiger charge is 2.60. The van der Waals surface area contributed by atoms with E-state index in [1.807, 2.05) is 0 Å². The summed E-state index contributed by atoms with van der Waals surface area (Å²) in [5, 5.41) is 0. The molecule has 8 heteroatoms. The molecule has 0 radical (unpaired) electrons. The molecule has 4 atom stereocenters. The smallest absolute Gasteiger partial charge is 0.310 e. The molecule has 43 heavy (non-hydrogen) atoms. The molecule has 0 amide bonds. The van der Waals surface area contributed by atoms with Gasteiger partial charge in [-0.2, -0.15) is 0 Å². The Kier molecular flexibility index (Phi) is 6.04. The number of nitrogens with one attached hydrogen (secondary N) is 2. The van der Waals surface area contributed by atoms with Gasteiger partial charge in [0.25, 0.3) is 0 Å². The van der Waals surface area contributed by atoms with Gasteiger partial charge in [0.2, 0.25) is 0 Å². The molecule has 3 aromatic heterocycles. The van der Waals surface area contributed by atoms with E-state index in [4.69, 9.17) is 19.4 Å². The second-order valence-corrected chi connectivity index (χ2v) is 13.3. The highest BCUT2D eigenvalue weighted by molar-refractivity contribution is 6.03. The molecule has 0 aromatic carbocycles. The van der Waals surface area contributed by atoms with Crippen molar-refractivity contribution in [1.82, 2.24) is 19.9 Å². The molecule has 0 saturated heterocycles. The minimum atomic E-state index is -0.606. The third kappa shape index (κ3) is 3.95. The third-order valence-electron chi connectivity index (χ3n) is 10.5. The van der Waals surface area contributed by atoms with Crippen LogP contribution in [0.4, 0.5) is 0 Å². The summed E-state index contributed by atoms with van der Waals surface area (Å²) in [6, 6.07) is 8.57. The average Bonchev–Trinajstić information content (AvgIpc) is 3.78. The van der Waals surface area contributed by atoms with Crippen molar-refractivity contribution in [3.63, 3.8) is 0 Å². The van der Waals surface area contributed by atoms with E-state index in [1.165, 1.54) is 30.9 Å². The Morgan fingerprint density at radius 2 is 1.19 bits per heavy atom. The molecule has 4 aliphatic rings. The topological polar surface area (TPSA) is 110 Å². The number of hydrogen-bond acceptors (Lipinski definition) is 6. The maximum atomic E-state index is 13.1. The lowest BCUT2D eigenvalue weighted by Gasteiger charge is -2.28. The number of carbonyl (C=O) groups excluding carboxylic acids is 2. The maximum absolute atomic E-state index is 13.1. The van der Waals surface area contributed by atoms with Gasteiger partial charge < -0.3 is 19.4 Å². The van der Waals surface area contributed by atoms with Gasteiger partial charge >= 0.3 is 11.9 Å². The Morgan fingerprint density at radius 3 is 1.70 bits per heavy atom. The van der Waals surface area contributed by atoms with Gasteiger partial charge in [-0.15, -0.1) is 0 Å². The Bertz CT molecular complexity index is 1940. The largest absolute Gasteiger partial charge is 0.469 e. The zero-order chi connectivity index (χ0) is 30.5. The fraction of sp³-hybridized carbons (Fsp3) is 0.429. The zero-order valence-electron chi connectivity index (χ0n) is 26.1. The van der Waals surface area contributed by atoms with Crippen LogP contribution in [0.25, 0.3) is 33.2 Å². The molecule has 5 heterocycles. The van der Waals surface area contributed by atoms with Crippen molar-refractivity contribution in [3.05, 3.63) is 69.3 Å². The lowest BCUT2D eigenvalue weighted by Crippen LogP contribution is -2.36. The van der Waals surface area contributed by atoms with Crippen LogP contribution in [-0.4, -0.2) is 46.1 Å². The van der Waals surface area contributed by atoms with Crippen molar-refractivity contribution in [3.8, 4) is 0 Å². The number of methoxy groups -OCH3 is 2. The van der Waals surface area contributed by atoms with Crippen LogP contribution in [0.1, 0.15) is 65.3 Å². The lowest BCUT2D eigenvalue weighted by atomic mass is 9.74. The van der Waals surface area contributed by atoms with E-state index < -0.39 is 11.8 Å². The van der Waals surface area contributed by atoms with Crippen molar-refractivity contribution in [1.29, 1.82) is 0 Å². The fourth-order valence-electron chi connectivity index (χ4n) is 7.91. The SMILES string of the molecule is COC(=O)[C@H]1[C@H](C(=O)OC)[C@H]2C[C@@H]1C1=C2c2cc3[nH]c(cc4[nH]c(cc5nc(cc1n2)C(C)(C)C5)c(C)c4C)c(C)c3C. The Morgan fingerprint density at radius 1 is 0.721 bits per heavy atom. The molecule has 2 N–H and O–H groups in total. The highest BCUT2D eigenvalue weighted by atomic mass is 16.5. The van der Waals surface area contributed by atoms with Crippen LogP contribution >= 0.6 is 0 Å². The van der Waals surface area contributed by atoms with E-state index in [0.717, 1.165) is 68.0 Å². The number of aryl methyl sites for hydroxylation is 4. The first kappa shape index (κ1) is 27.6. The summed E-state index contributed by atoms with van der Waals surface area (Å²) in [5.41, 5.74) is 14.4. The number of aromatic amines is 2. The number of allylic oxidation sites excluding steroid dienone is 2. The van der Waals surface area contributed by atoms with Gasteiger partial charge in [0.15, 0.2) is 0 Å². The van der Waals surface area contributed by atoms with E-state index in [2.05, 4.69) is 75.8 Å². The van der Waals surface area contributed by atoms with E-state index in [9.17, 15) is 9.59 Å². The molecule has 1 fully saturated rings. The van der Waals surface area contributed by atoms with E-state index >= 15 is 0 Å². The first-order valence-electron chi connectivity index (χ1n) is 15.0. The predicted molar refractivity (Wildman–Crippen MR) is 166 cm³/mol. The molecule has 2 aliphatic heterocycles. The van der Waals surface area contributed by atoms with Crippen LogP contribution in [0.2, 0.25) is 0 Å². The molecule has 0 unspecified atom stereocenters. The van der Waals surface area contributed by atoms with Gasteiger partial charge in [0, 0.05) is 57.1 Å². The number of fused-ring (bicyclic) bond motifs is 14. The monoisotopic (exact) mass is 578 g/mol. The Balaban J connectivity index is 1.57. The number of H-pyrrole nitrogens is 2. The van der Waals surface area contributed by atoms with Gasteiger partial charge in [-0.25, -0.2) is 4.98 Å². The summed E-state index contributed by atoms with van der Waals surface area (Å²) in [5.74, 6) is -2.32. The van der Waals surface area contributed by atoms with E-state index in [0.29, 0.717) is 6.42 Å². The van der Waals surface area contributed by atoms with Crippen molar-refractivity contribution < 1.29 is 19.1 Å². The minimum Gasteiger partial charge on any atom is -0.469 e. The third-order valence-corrected chi connectivity index (χ3v) is 10.5. The molecular weight excluding hydrogens is 540 g/mol. The maximum Gasteiger partial charge on any atom is 0.310 e. The standard InChI is InChI=1S/C35H38N4O4/c1-15-16(2)23-11-24-17(3)18(4)25(38-24)12-26-29-20-10-21(32(34(41)43-8)31(20)33(40)42-7)30(29)27(39-26)13-28-35(5,6)14-19(36-28)9-22(15)37-23/h9,11-13,20-21,31-32,37-38H,10,14H2,1-8H3/t20-,21+,31+,32+/m0/s1. The molecule has 8 nitrogen and oxygen atoms in total. The summed E-state index contributed by atoms with van der Waals surface area (Å²) >= 11 is 0.